The van der Waals surface area contributed by atoms with Gasteiger partial charge in [-0.1, -0.05) is 12.2 Å². The van der Waals surface area contributed by atoms with Crippen molar-refractivity contribution in [3.05, 3.63) is 23.9 Å². The summed E-state index contributed by atoms with van der Waals surface area (Å²) in [4.78, 5) is 22.1. The summed E-state index contributed by atoms with van der Waals surface area (Å²) < 4.78 is 4.89. The van der Waals surface area contributed by atoms with Crippen LogP contribution in [0.15, 0.2) is 23.9 Å². The number of amides is 1. The van der Waals surface area contributed by atoms with E-state index in [4.69, 9.17) is 4.74 Å². The molecule has 0 aromatic carbocycles. The standard InChI is InChI=1S/C11H15NO3/c1-3-15-11(14)9-4-6-10(7-5-9)12-8(2)13/h4,6-7,9H,3,5H2,1-2H3,(H,12,13). The van der Waals surface area contributed by atoms with E-state index >= 15 is 0 Å². The Kier molecular flexibility index (Phi) is 4.09. The second-order valence-electron chi connectivity index (χ2n) is 3.29. The third kappa shape index (κ3) is 3.58. The smallest absolute Gasteiger partial charge is 0.313 e. The van der Waals surface area contributed by atoms with Crippen molar-refractivity contribution in [2.75, 3.05) is 6.61 Å². The van der Waals surface area contributed by atoms with Crippen LogP contribution < -0.4 is 5.32 Å². The molecule has 0 bridgehead atoms. The van der Waals surface area contributed by atoms with Crippen molar-refractivity contribution in [2.45, 2.75) is 20.3 Å². The number of esters is 1. The third-order valence-corrected chi connectivity index (χ3v) is 2.01. The van der Waals surface area contributed by atoms with E-state index in [1.54, 1.807) is 19.1 Å². The number of allylic oxidation sites excluding steroid dienone is 2. The number of carbonyl (C=O) groups is 2. The van der Waals surface area contributed by atoms with Gasteiger partial charge < -0.3 is 10.1 Å². The van der Waals surface area contributed by atoms with Crippen LogP contribution in [0.4, 0.5) is 0 Å². The van der Waals surface area contributed by atoms with Crippen molar-refractivity contribution >= 4 is 11.9 Å². The van der Waals surface area contributed by atoms with Crippen LogP contribution in [0.25, 0.3) is 0 Å². The molecule has 1 atom stereocenters. The molecule has 1 rings (SSSR count). The number of hydrogen-bond donors (Lipinski definition) is 1. The van der Waals surface area contributed by atoms with Crippen LogP contribution in [0.1, 0.15) is 20.3 Å². The van der Waals surface area contributed by atoms with Crippen LogP contribution in [0.5, 0.6) is 0 Å². The van der Waals surface area contributed by atoms with Gasteiger partial charge in [0.2, 0.25) is 5.91 Å². The van der Waals surface area contributed by atoms with Gasteiger partial charge in [0.25, 0.3) is 0 Å². The molecule has 82 valence electrons. The molecular weight excluding hydrogens is 194 g/mol. The maximum atomic E-state index is 11.3. The molecule has 0 fully saturated rings. The van der Waals surface area contributed by atoms with Crippen molar-refractivity contribution in [3.8, 4) is 0 Å². The molecule has 1 unspecified atom stereocenters. The van der Waals surface area contributed by atoms with Gasteiger partial charge in [0.1, 0.15) is 0 Å². The van der Waals surface area contributed by atoms with E-state index < -0.39 is 0 Å². The highest BCUT2D eigenvalue weighted by Crippen LogP contribution is 2.16. The molecule has 0 aromatic heterocycles. The maximum Gasteiger partial charge on any atom is 0.313 e. The Morgan fingerprint density at radius 1 is 1.60 bits per heavy atom. The van der Waals surface area contributed by atoms with Gasteiger partial charge in [-0.15, -0.1) is 0 Å². The van der Waals surface area contributed by atoms with E-state index in [1.165, 1.54) is 6.92 Å². The largest absolute Gasteiger partial charge is 0.466 e. The molecule has 0 saturated heterocycles. The number of rotatable bonds is 3. The molecule has 1 amide bonds. The molecule has 0 saturated carbocycles. The lowest BCUT2D eigenvalue weighted by molar-refractivity contribution is -0.146. The van der Waals surface area contributed by atoms with E-state index in [-0.39, 0.29) is 17.8 Å². The van der Waals surface area contributed by atoms with E-state index in [9.17, 15) is 9.59 Å². The van der Waals surface area contributed by atoms with Gasteiger partial charge in [0.05, 0.1) is 12.5 Å². The van der Waals surface area contributed by atoms with Gasteiger partial charge in [-0.3, -0.25) is 9.59 Å². The summed E-state index contributed by atoms with van der Waals surface area (Å²) in [6.07, 6.45) is 5.88. The van der Waals surface area contributed by atoms with Crippen LogP contribution in [0.2, 0.25) is 0 Å². The van der Waals surface area contributed by atoms with Gasteiger partial charge in [-0.25, -0.2) is 0 Å². The summed E-state index contributed by atoms with van der Waals surface area (Å²) in [5.41, 5.74) is 0.739. The zero-order chi connectivity index (χ0) is 11.3. The molecular formula is C11H15NO3. The minimum Gasteiger partial charge on any atom is -0.466 e. The van der Waals surface area contributed by atoms with Crippen molar-refractivity contribution in [1.29, 1.82) is 0 Å². The molecule has 0 aromatic rings. The Morgan fingerprint density at radius 2 is 2.33 bits per heavy atom. The Balaban J connectivity index is 2.48. The van der Waals surface area contributed by atoms with Crippen LogP contribution in [0.3, 0.4) is 0 Å². The van der Waals surface area contributed by atoms with Crippen molar-refractivity contribution in [3.63, 3.8) is 0 Å². The summed E-state index contributed by atoms with van der Waals surface area (Å²) in [6.45, 7) is 3.63. The number of hydrogen-bond acceptors (Lipinski definition) is 3. The zero-order valence-electron chi connectivity index (χ0n) is 8.95. The molecule has 1 aliphatic carbocycles. The molecule has 4 heteroatoms. The predicted octanol–water partition coefficient (Wildman–Crippen LogP) is 1.15. The predicted molar refractivity (Wildman–Crippen MR) is 55.8 cm³/mol. The fraction of sp³-hybridized carbons (Fsp3) is 0.455. The highest BCUT2D eigenvalue weighted by Gasteiger charge is 2.18. The first-order valence-electron chi connectivity index (χ1n) is 4.96. The van der Waals surface area contributed by atoms with Crippen LogP contribution in [-0.2, 0) is 14.3 Å². The minimum atomic E-state index is -0.220. The van der Waals surface area contributed by atoms with Gasteiger partial charge in [0, 0.05) is 12.6 Å². The highest BCUT2D eigenvalue weighted by atomic mass is 16.5. The fourth-order valence-corrected chi connectivity index (χ4v) is 1.34. The van der Waals surface area contributed by atoms with Gasteiger partial charge in [-0.05, 0) is 19.4 Å². The van der Waals surface area contributed by atoms with Crippen LogP contribution >= 0.6 is 0 Å². The second kappa shape index (κ2) is 5.34. The zero-order valence-corrected chi connectivity index (χ0v) is 8.95. The summed E-state index contributed by atoms with van der Waals surface area (Å²) in [7, 11) is 0. The highest BCUT2D eigenvalue weighted by molar-refractivity contribution is 5.77. The second-order valence-corrected chi connectivity index (χ2v) is 3.29. The summed E-state index contributed by atoms with van der Waals surface area (Å²) >= 11 is 0. The van der Waals surface area contributed by atoms with E-state index in [2.05, 4.69) is 5.32 Å². The Hall–Kier alpha value is -1.58. The summed E-state index contributed by atoms with van der Waals surface area (Å²) in [6, 6.07) is 0. The van der Waals surface area contributed by atoms with E-state index in [0.29, 0.717) is 13.0 Å². The summed E-state index contributed by atoms with van der Waals surface area (Å²) in [5.74, 6) is -0.546. The van der Waals surface area contributed by atoms with Gasteiger partial charge in [-0.2, -0.15) is 0 Å². The molecule has 0 spiro atoms. The lowest BCUT2D eigenvalue weighted by atomic mass is 9.99. The molecule has 15 heavy (non-hydrogen) atoms. The molecule has 0 aliphatic heterocycles. The van der Waals surface area contributed by atoms with Crippen LogP contribution in [0, 0.1) is 5.92 Å². The molecule has 0 heterocycles. The Morgan fingerprint density at radius 3 is 2.80 bits per heavy atom. The van der Waals surface area contributed by atoms with E-state index in [0.717, 1.165) is 5.70 Å². The number of carbonyl (C=O) groups excluding carboxylic acids is 2. The number of ether oxygens (including phenoxy) is 1. The minimum absolute atomic E-state index is 0.111. The first kappa shape index (κ1) is 11.5. The first-order valence-corrected chi connectivity index (χ1v) is 4.96. The van der Waals surface area contributed by atoms with Crippen molar-refractivity contribution < 1.29 is 14.3 Å². The number of nitrogens with one attached hydrogen (secondary N) is 1. The molecule has 1 aliphatic rings. The topological polar surface area (TPSA) is 55.4 Å². The van der Waals surface area contributed by atoms with E-state index in [1.807, 2.05) is 6.08 Å². The SMILES string of the molecule is CCOC(=O)C1C=CC(NC(C)=O)=CC1. The monoisotopic (exact) mass is 209 g/mol. The first-order chi connectivity index (χ1) is 7.13. The maximum absolute atomic E-state index is 11.3. The van der Waals surface area contributed by atoms with Crippen LogP contribution in [-0.4, -0.2) is 18.5 Å². The summed E-state index contributed by atoms with van der Waals surface area (Å²) in [5, 5.41) is 2.66. The lowest BCUT2D eigenvalue weighted by Gasteiger charge is -2.14. The Bertz CT molecular complexity index is 318. The fourth-order valence-electron chi connectivity index (χ4n) is 1.34. The molecule has 0 radical (unpaired) electrons. The quantitative estimate of drug-likeness (QED) is 0.709. The van der Waals surface area contributed by atoms with Crippen molar-refractivity contribution in [1.82, 2.24) is 5.32 Å². The Labute approximate surface area is 89.0 Å². The lowest BCUT2D eigenvalue weighted by Crippen LogP contribution is -2.22. The molecule has 1 N–H and O–H groups in total. The average molecular weight is 209 g/mol. The third-order valence-electron chi connectivity index (χ3n) is 2.01. The normalized spacial score (nSPS) is 19.3. The molecule has 4 nitrogen and oxygen atoms in total. The van der Waals surface area contributed by atoms with Crippen molar-refractivity contribution in [2.24, 2.45) is 5.92 Å². The van der Waals surface area contributed by atoms with Gasteiger partial charge >= 0.3 is 5.97 Å². The van der Waals surface area contributed by atoms with Gasteiger partial charge in [0.15, 0.2) is 0 Å². The average Bonchev–Trinajstić information content (AvgIpc) is 2.18.